The monoisotopic (exact) mass is 429 g/mol. The van der Waals surface area contributed by atoms with Crippen LogP contribution in [0.25, 0.3) is 0 Å². The number of aromatic nitrogens is 1. The van der Waals surface area contributed by atoms with E-state index in [9.17, 15) is 5.11 Å². The van der Waals surface area contributed by atoms with Crippen LogP contribution in [0.15, 0.2) is 60.8 Å². The van der Waals surface area contributed by atoms with E-state index < -0.39 is 12.4 Å². The largest absolute Gasteiger partial charge is 0.493 e. The first-order chi connectivity index (χ1) is 14.6. The quantitative estimate of drug-likeness (QED) is 0.393. The van der Waals surface area contributed by atoms with Crippen molar-refractivity contribution in [1.29, 1.82) is 0 Å². The molecule has 0 amide bonds. The third kappa shape index (κ3) is 5.09. The molecule has 7 heteroatoms. The van der Waals surface area contributed by atoms with Crippen LogP contribution in [0.3, 0.4) is 0 Å². The lowest BCUT2D eigenvalue weighted by Crippen LogP contribution is -2.12. The Balaban J connectivity index is 2.02. The highest BCUT2D eigenvalue weighted by molar-refractivity contribution is 6.29. The lowest BCUT2D eigenvalue weighted by atomic mass is 9.96. The van der Waals surface area contributed by atoms with Crippen molar-refractivity contribution >= 4 is 11.6 Å². The minimum atomic E-state index is -0.995. The summed E-state index contributed by atoms with van der Waals surface area (Å²) in [6.45, 7) is 0.364. The van der Waals surface area contributed by atoms with Crippen molar-refractivity contribution < 1.29 is 24.1 Å². The highest BCUT2D eigenvalue weighted by atomic mass is 35.5. The summed E-state index contributed by atoms with van der Waals surface area (Å²) in [5.74, 6) is 0.994. The summed E-state index contributed by atoms with van der Waals surface area (Å²) in [6.07, 6.45) is -0.165. The summed E-state index contributed by atoms with van der Waals surface area (Å²) in [6, 6.07) is 16.6. The molecule has 0 bridgehead atoms. The molecule has 0 aliphatic heterocycles. The first kappa shape index (κ1) is 22.1. The standard InChI is InChI=1S/C23H24ClNO5/c1-27-19-12-17(22(26)16-9-10-25-21(24)11-16)18(23(28-2)29-3)13-20(19)30-14-15-7-5-4-6-8-15/h4-13,22-23,26H,14H2,1-3H3. The minimum Gasteiger partial charge on any atom is -0.493 e. The van der Waals surface area contributed by atoms with Gasteiger partial charge in [0.1, 0.15) is 17.9 Å². The van der Waals surface area contributed by atoms with Gasteiger partial charge in [0.05, 0.1) is 7.11 Å². The van der Waals surface area contributed by atoms with E-state index in [1.165, 1.54) is 14.2 Å². The molecule has 30 heavy (non-hydrogen) atoms. The van der Waals surface area contributed by atoms with Crippen molar-refractivity contribution in [3.8, 4) is 11.5 Å². The minimum absolute atomic E-state index is 0.290. The number of halogens is 1. The fraction of sp³-hybridized carbons (Fsp3) is 0.261. The topological polar surface area (TPSA) is 70.0 Å². The molecule has 0 radical (unpaired) electrons. The first-order valence-electron chi connectivity index (χ1n) is 9.31. The van der Waals surface area contributed by atoms with Crippen molar-refractivity contribution in [3.63, 3.8) is 0 Å². The number of aliphatic hydroxyl groups excluding tert-OH is 1. The third-order valence-electron chi connectivity index (χ3n) is 4.65. The molecule has 0 aliphatic rings. The van der Waals surface area contributed by atoms with Gasteiger partial charge in [-0.3, -0.25) is 0 Å². The van der Waals surface area contributed by atoms with Crippen molar-refractivity contribution in [3.05, 3.63) is 88.2 Å². The molecule has 3 aromatic rings. The average Bonchev–Trinajstić information content (AvgIpc) is 2.78. The second-order valence-electron chi connectivity index (χ2n) is 6.52. The highest BCUT2D eigenvalue weighted by Gasteiger charge is 2.24. The predicted molar refractivity (Wildman–Crippen MR) is 114 cm³/mol. The van der Waals surface area contributed by atoms with E-state index in [2.05, 4.69) is 4.98 Å². The van der Waals surface area contributed by atoms with Gasteiger partial charge >= 0.3 is 0 Å². The Morgan fingerprint density at radius 2 is 1.63 bits per heavy atom. The summed E-state index contributed by atoms with van der Waals surface area (Å²) in [5, 5.41) is 11.4. The molecule has 1 N–H and O–H groups in total. The van der Waals surface area contributed by atoms with Crippen LogP contribution in [-0.2, 0) is 16.1 Å². The van der Waals surface area contributed by atoms with E-state index >= 15 is 0 Å². The molecule has 1 atom stereocenters. The average molecular weight is 430 g/mol. The Morgan fingerprint density at radius 1 is 0.933 bits per heavy atom. The molecule has 158 valence electrons. The molecule has 0 aliphatic carbocycles. The van der Waals surface area contributed by atoms with Gasteiger partial charge in [-0.1, -0.05) is 41.9 Å². The van der Waals surface area contributed by atoms with Gasteiger partial charge in [0.2, 0.25) is 0 Å². The van der Waals surface area contributed by atoms with Gasteiger partial charge in [-0.25, -0.2) is 4.98 Å². The molecule has 0 saturated heterocycles. The van der Waals surface area contributed by atoms with Crippen molar-refractivity contribution in [2.45, 2.75) is 19.0 Å². The van der Waals surface area contributed by atoms with Gasteiger partial charge in [0.15, 0.2) is 17.8 Å². The number of ether oxygens (including phenoxy) is 4. The van der Waals surface area contributed by atoms with Crippen LogP contribution in [0.4, 0.5) is 0 Å². The number of hydrogen-bond acceptors (Lipinski definition) is 6. The molecule has 1 aromatic heterocycles. The maximum atomic E-state index is 11.1. The fourth-order valence-electron chi connectivity index (χ4n) is 3.16. The van der Waals surface area contributed by atoms with Gasteiger partial charge in [-0.2, -0.15) is 0 Å². The van der Waals surface area contributed by atoms with Gasteiger partial charge < -0.3 is 24.1 Å². The second kappa shape index (κ2) is 10.4. The van der Waals surface area contributed by atoms with Crippen LogP contribution in [0.2, 0.25) is 5.15 Å². The lowest BCUT2D eigenvalue weighted by molar-refractivity contribution is -0.107. The summed E-state index contributed by atoms with van der Waals surface area (Å²) < 4.78 is 22.5. The molecular weight excluding hydrogens is 406 g/mol. The van der Waals surface area contributed by atoms with Crippen LogP contribution < -0.4 is 9.47 Å². The number of aliphatic hydroxyl groups is 1. The summed E-state index contributed by atoms with van der Waals surface area (Å²) in [7, 11) is 4.61. The predicted octanol–water partition coefficient (Wildman–Crippen LogP) is 4.70. The molecule has 1 unspecified atom stereocenters. The third-order valence-corrected chi connectivity index (χ3v) is 4.86. The Hall–Kier alpha value is -2.64. The summed E-state index contributed by atoms with van der Waals surface area (Å²) >= 11 is 6.00. The molecule has 6 nitrogen and oxygen atoms in total. The lowest BCUT2D eigenvalue weighted by Gasteiger charge is -2.23. The smallest absolute Gasteiger partial charge is 0.183 e. The second-order valence-corrected chi connectivity index (χ2v) is 6.91. The SMILES string of the molecule is COc1cc(C(O)c2ccnc(Cl)c2)c(C(OC)OC)cc1OCc1ccccc1. The highest BCUT2D eigenvalue weighted by Crippen LogP contribution is 2.39. The fourth-order valence-corrected chi connectivity index (χ4v) is 3.34. The number of methoxy groups -OCH3 is 3. The number of hydrogen-bond donors (Lipinski definition) is 1. The number of nitrogens with zero attached hydrogens (tertiary/aromatic N) is 1. The van der Waals surface area contributed by atoms with Crippen molar-refractivity contribution in [2.75, 3.05) is 21.3 Å². The zero-order valence-electron chi connectivity index (χ0n) is 17.0. The zero-order chi connectivity index (χ0) is 21.5. The van der Waals surface area contributed by atoms with Gasteiger partial charge in [0, 0.05) is 26.0 Å². The van der Waals surface area contributed by atoms with Crippen LogP contribution in [0.1, 0.15) is 34.6 Å². The van der Waals surface area contributed by atoms with Gasteiger partial charge in [-0.15, -0.1) is 0 Å². The van der Waals surface area contributed by atoms with Gasteiger partial charge in [0.25, 0.3) is 0 Å². The van der Waals surface area contributed by atoms with E-state index in [1.54, 1.807) is 37.6 Å². The molecule has 0 saturated carbocycles. The molecule has 3 rings (SSSR count). The summed E-state index contributed by atoms with van der Waals surface area (Å²) in [5.41, 5.74) is 2.77. The Kier molecular flexibility index (Phi) is 7.65. The van der Waals surface area contributed by atoms with Gasteiger partial charge in [-0.05, 0) is 41.0 Å². The Labute approximate surface area is 181 Å². The van der Waals surface area contributed by atoms with Crippen LogP contribution >= 0.6 is 11.6 Å². The molecule has 0 spiro atoms. The van der Waals surface area contributed by atoms with Crippen molar-refractivity contribution in [2.24, 2.45) is 0 Å². The Bertz CT molecular complexity index is 963. The van der Waals surface area contributed by atoms with Crippen LogP contribution in [0, 0.1) is 0 Å². The van der Waals surface area contributed by atoms with E-state index in [4.69, 9.17) is 30.5 Å². The Morgan fingerprint density at radius 3 is 2.27 bits per heavy atom. The zero-order valence-corrected chi connectivity index (χ0v) is 17.8. The maximum absolute atomic E-state index is 11.1. The summed E-state index contributed by atoms with van der Waals surface area (Å²) in [4.78, 5) is 3.97. The molecular formula is C23H24ClNO5. The number of benzene rings is 2. The van der Waals surface area contributed by atoms with E-state index in [0.29, 0.717) is 34.8 Å². The first-order valence-corrected chi connectivity index (χ1v) is 9.68. The number of pyridine rings is 1. The van der Waals surface area contributed by atoms with Crippen LogP contribution in [0.5, 0.6) is 11.5 Å². The number of rotatable bonds is 9. The van der Waals surface area contributed by atoms with E-state index in [-0.39, 0.29) is 5.15 Å². The molecule has 2 aromatic carbocycles. The molecule has 0 fully saturated rings. The van der Waals surface area contributed by atoms with E-state index in [0.717, 1.165) is 5.56 Å². The normalized spacial score (nSPS) is 12.1. The van der Waals surface area contributed by atoms with Crippen molar-refractivity contribution in [1.82, 2.24) is 4.98 Å². The maximum Gasteiger partial charge on any atom is 0.183 e. The molecule has 1 heterocycles. The van der Waals surface area contributed by atoms with E-state index in [1.807, 2.05) is 30.3 Å². The van der Waals surface area contributed by atoms with Crippen LogP contribution in [-0.4, -0.2) is 31.4 Å².